The summed E-state index contributed by atoms with van der Waals surface area (Å²) < 4.78 is 11.8. The molecule has 5 nitrogen and oxygen atoms in total. The van der Waals surface area contributed by atoms with Crippen LogP contribution in [0.4, 0.5) is 0 Å². The Labute approximate surface area is 212 Å². The van der Waals surface area contributed by atoms with Gasteiger partial charge in [-0.15, -0.1) is 0 Å². The Morgan fingerprint density at radius 1 is 1.00 bits per heavy atom. The summed E-state index contributed by atoms with van der Waals surface area (Å²) in [6, 6.07) is 24.3. The van der Waals surface area contributed by atoms with Gasteiger partial charge in [0.25, 0.3) is 0 Å². The van der Waals surface area contributed by atoms with Gasteiger partial charge in [0.15, 0.2) is 5.43 Å². The maximum atomic E-state index is 13.7. The molecule has 4 aromatic rings. The molecule has 1 atom stereocenters. The summed E-state index contributed by atoms with van der Waals surface area (Å²) in [5, 5.41) is 8.02. The zero-order chi connectivity index (χ0) is 25.1. The molecule has 1 saturated heterocycles. The predicted molar refractivity (Wildman–Crippen MR) is 145 cm³/mol. The molecule has 2 heterocycles. The third-order valence-corrected chi connectivity index (χ3v) is 7.21. The molecule has 2 N–H and O–H groups in total. The van der Waals surface area contributed by atoms with E-state index in [1.54, 1.807) is 13.2 Å². The molecule has 1 unspecified atom stereocenters. The molecule has 0 spiro atoms. The minimum absolute atomic E-state index is 0.0373. The Bertz CT molecular complexity index is 1390. The first-order chi connectivity index (χ1) is 17.5. The molecule has 186 valence electrons. The number of hydrogen-bond donors (Lipinski definition) is 2. The summed E-state index contributed by atoms with van der Waals surface area (Å²) in [5.74, 6) is 1.69. The van der Waals surface area contributed by atoms with Crippen molar-refractivity contribution >= 4 is 11.0 Å². The number of fused-ring (bicyclic) bond motifs is 1. The maximum Gasteiger partial charge on any atom is 0.196 e. The van der Waals surface area contributed by atoms with Crippen LogP contribution in [0.2, 0.25) is 0 Å². The fourth-order valence-corrected chi connectivity index (χ4v) is 5.36. The maximum absolute atomic E-state index is 13.7. The third kappa shape index (κ3) is 4.95. The Morgan fingerprint density at radius 3 is 2.42 bits per heavy atom. The van der Waals surface area contributed by atoms with Crippen molar-refractivity contribution in [1.29, 1.82) is 0 Å². The molecule has 5 rings (SSSR count). The van der Waals surface area contributed by atoms with Crippen LogP contribution in [0.5, 0.6) is 5.75 Å². The summed E-state index contributed by atoms with van der Waals surface area (Å²) in [6.45, 7) is 6.19. The topological polar surface area (TPSA) is 63.5 Å². The van der Waals surface area contributed by atoms with Crippen molar-refractivity contribution in [3.05, 3.63) is 111 Å². The van der Waals surface area contributed by atoms with E-state index in [4.69, 9.17) is 9.15 Å². The minimum atomic E-state index is -0.285. The average Bonchev–Trinajstić information content (AvgIpc) is 3.36. The normalized spacial score (nSPS) is 15.8. The van der Waals surface area contributed by atoms with Crippen molar-refractivity contribution in [3.63, 3.8) is 0 Å². The second-order valence-electron chi connectivity index (χ2n) is 10.00. The van der Waals surface area contributed by atoms with Crippen molar-refractivity contribution in [2.45, 2.75) is 38.8 Å². The highest BCUT2D eigenvalue weighted by Crippen LogP contribution is 2.32. The smallest absolute Gasteiger partial charge is 0.196 e. The van der Waals surface area contributed by atoms with Gasteiger partial charge >= 0.3 is 0 Å². The fourth-order valence-electron chi connectivity index (χ4n) is 5.36. The number of benzene rings is 3. The molecule has 1 aliphatic heterocycles. The van der Waals surface area contributed by atoms with E-state index in [1.165, 1.54) is 11.1 Å². The highest BCUT2D eigenvalue weighted by Gasteiger charge is 2.36. The minimum Gasteiger partial charge on any atom is -0.497 e. The number of ether oxygens (including phenoxy) is 1. The highest BCUT2D eigenvalue weighted by atomic mass is 16.5. The SMILES string of the molecule is COc1ccc2c(=O)c(Cc3ccccc3)c(CC(C)CC3(c4ccc(C)cc4)NCCN3)oc2c1. The summed E-state index contributed by atoms with van der Waals surface area (Å²) in [5.41, 5.74) is 4.65. The molecule has 1 fully saturated rings. The van der Waals surface area contributed by atoms with Gasteiger partial charge in [0.05, 0.1) is 18.2 Å². The summed E-state index contributed by atoms with van der Waals surface area (Å²) in [6.07, 6.45) is 2.09. The molecular weight excluding hydrogens is 448 g/mol. The molecule has 5 heteroatoms. The van der Waals surface area contributed by atoms with Crippen molar-refractivity contribution < 1.29 is 9.15 Å². The van der Waals surface area contributed by atoms with Crippen LogP contribution in [0.25, 0.3) is 11.0 Å². The van der Waals surface area contributed by atoms with Crippen LogP contribution < -0.4 is 20.8 Å². The first-order valence-corrected chi connectivity index (χ1v) is 12.7. The first-order valence-electron chi connectivity index (χ1n) is 12.7. The van der Waals surface area contributed by atoms with E-state index in [0.717, 1.165) is 36.4 Å². The van der Waals surface area contributed by atoms with Crippen LogP contribution in [-0.4, -0.2) is 20.2 Å². The molecule has 3 aromatic carbocycles. The second kappa shape index (κ2) is 10.3. The second-order valence-corrected chi connectivity index (χ2v) is 10.00. The molecule has 36 heavy (non-hydrogen) atoms. The Hall–Kier alpha value is -3.41. The lowest BCUT2D eigenvalue weighted by Crippen LogP contribution is -2.47. The van der Waals surface area contributed by atoms with E-state index in [-0.39, 0.29) is 17.0 Å². The molecule has 0 saturated carbocycles. The van der Waals surface area contributed by atoms with E-state index in [1.807, 2.05) is 30.3 Å². The first kappa shape index (κ1) is 24.3. The molecule has 1 aliphatic rings. The molecule has 0 bridgehead atoms. The molecule has 1 aromatic heterocycles. The largest absolute Gasteiger partial charge is 0.497 e. The van der Waals surface area contributed by atoms with Gasteiger partial charge in [-0.05, 0) is 42.5 Å². The number of aryl methyl sites for hydroxylation is 1. The molecule has 0 aliphatic carbocycles. The standard InChI is InChI=1S/C31H34N2O3/c1-21-9-11-24(12-10-21)31(32-15-16-33-31)20-22(2)17-28-27(18-23-7-5-4-6-8-23)30(34)26-14-13-25(35-3)19-29(26)36-28/h4-14,19,22,32-33H,15-18,20H2,1-3H3. The Kier molecular flexibility index (Phi) is 6.95. The van der Waals surface area contributed by atoms with Gasteiger partial charge in [-0.1, -0.05) is 67.1 Å². The van der Waals surface area contributed by atoms with Crippen molar-refractivity contribution in [3.8, 4) is 5.75 Å². The summed E-state index contributed by atoms with van der Waals surface area (Å²) in [7, 11) is 1.62. The number of nitrogens with one attached hydrogen (secondary N) is 2. The van der Waals surface area contributed by atoms with Gasteiger partial charge in [0.1, 0.15) is 17.1 Å². The van der Waals surface area contributed by atoms with Gasteiger partial charge in [-0.3, -0.25) is 15.4 Å². The average molecular weight is 483 g/mol. The number of hydrogen-bond acceptors (Lipinski definition) is 5. The lowest BCUT2D eigenvalue weighted by molar-refractivity contribution is 0.260. The Balaban J connectivity index is 1.50. The van der Waals surface area contributed by atoms with Gasteiger partial charge < -0.3 is 9.15 Å². The van der Waals surface area contributed by atoms with Crippen LogP contribution in [0.3, 0.4) is 0 Å². The zero-order valence-corrected chi connectivity index (χ0v) is 21.3. The van der Waals surface area contributed by atoms with Crippen LogP contribution in [0.1, 0.15) is 41.4 Å². The summed E-state index contributed by atoms with van der Waals surface area (Å²) >= 11 is 0. The van der Waals surface area contributed by atoms with E-state index in [9.17, 15) is 4.79 Å². The van der Waals surface area contributed by atoms with Gasteiger partial charge in [-0.2, -0.15) is 0 Å². The molecular formula is C31H34N2O3. The van der Waals surface area contributed by atoms with Crippen LogP contribution in [-0.2, 0) is 18.5 Å². The van der Waals surface area contributed by atoms with Gasteiger partial charge in [0, 0.05) is 37.6 Å². The van der Waals surface area contributed by atoms with Crippen molar-refractivity contribution in [2.75, 3.05) is 20.2 Å². The zero-order valence-electron chi connectivity index (χ0n) is 21.3. The number of methoxy groups -OCH3 is 1. The van der Waals surface area contributed by atoms with Gasteiger partial charge in [-0.25, -0.2) is 0 Å². The van der Waals surface area contributed by atoms with E-state index < -0.39 is 0 Å². The third-order valence-electron chi connectivity index (χ3n) is 7.21. The van der Waals surface area contributed by atoms with Crippen LogP contribution in [0.15, 0.2) is 82.0 Å². The van der Waals surface area contributed by atoms with Crippen LogP contribution >= 0.6 is 0 Å². The molecule has 0 amide bonds. The highest BCUT2D eigenvalue weighted by molar-refractivity contribution is 5.79. The lowest BCUT2D eigenvalue weighted by atomic mass is 9.86. The van der Waals surface area contributed by atoms with Crippen LogP contribution in [0, 0.1) is 12.8 Å². The van der Waals surface area contributed by atoms with E-state index in [2.05, 4.69) is 60.9 Å². The van der Waals surface area contributed by atoms with Crippen molar-refractivity contribution in [1.82, 2.24) is 10.6 Å². The van der Waals surface area contributed by atoms with Crippen molar-refractivity contribution in [2.24, 2.45) is 5.92 Å². The lowest BCUT2D eigenvalue weighted by Gasteiger charge is -2.33. The van der Waals surface area contributed by atoms with E-state index >= 15 is 0 Å². The quantitative estimate of drug-likeness (QED) is 0.356. The van der Waals surface area contributed by atoms with Gasteiger partial charge in [0.2, 0.25) is 0 Å². The monoisotopic (exact) mass is 482 g/mol. The van der Waals surface area contributed by atoms with E-state index in [0.29, 0.717) is 29.6 Å². The molecule has 0 radical (unpaired) electrons. The summed E-state index contributed by atoms with van der Waals surface area (Å²) in [4.78, 5) is 13.7. The fraction of sp³-hybridized carbons (Fsp3) is 0.323. The Morgan fingerprint density at radius 2 is 1.72 bits per heavy atom. The predicted octanol–water partition coefficient (Wildman–Crippen LogP) is 5.32. The number of rotatable bonds is 8.